The Kier molecular flexibility index (Phi) is 5.03. The molecule has 0 radical (unpaired) electrons. The Bertz CT molecular complexity index is 1280. The predicted molar refractivity (Wildman–Crippen MR) is 133 cm³/mol. The van der Waals surface area contributed by atoms with E-state index in [2.05, 4.69) is 98.1 Å². The van der Waals surface area contributed by atoms with Crippen LogP contribution in [0.15, 0.2) is 116 Å². The molecule has 5 rings (SSSR count). The minimum Gasteiger partial charge on any atom is -0.508 e. The van der Waals surface area contributed by atoms with E-state index in [4.69, 9.17) is 0 Å². The molecule has 0 atom stereocenters. The van der Waals surface area contributed by atoms with Gasteiger partial charge >= 0.3 is 0 Å². The highest BCUT2D eigenvalue weighted by Gasteiger charge is 2.46. The summed E-state index contributed by atoms with van der Waals surface area (Å²) in [6, 6.07) is 32.3. The fraction of sp³-hybridized carbons (Fsp3) is 0.0968. The smallest absolute Gasteiger partial charge is 0.119 e. The summed E-state index contributed by atoms with van der Waals surface area (Å²) in [4.78, 5) is 0. The second kappa shape index (κ2) is 8.01. The first-order valence-corrected chi connectivity index (χ1v) is 11.0. The molecule has 1 heteroatoms. The fourth-order valence-electron chi connectivity index (χ4n) is 5.26. The van der Waals surface area contributed by atoms with Gasteiger partial charge in [0.2, 0.25) is 0 Å². The molecule has 0 heterocycles. The van der Waals surface area contributed by atoms with Crippen LogP contribution < -0.4 is 0 Å². The molecule has 0 saturated heterocycles. The predicted octanol–water partition coefficient (Wildman–Crippen LogP) is 7.21. The van der Waals surface area contributed by atoms with Gasteiger partial charge in [-0.05, 0) is 63.4 Å². The molecule has 0 fully saturated rings. The van der Waals surface area contributed by atoms with Crippen molar-refractivity contribution in [2.75, 3.05) is 0 Å². The van der Waals surface area contributed by atoms with Crippen molar-refractivity contribution in [1.29, 1.82) is 0 Å². The van der Waals surface area contributed by atoms with Gasteiger partial charge in [0.15, 0.2) is 0 Å². The van der Waals surface area contributed by atoms with Gasteiger partial charge in [0.1, 0.15) is 5.75 Å². The van der Waals surface area contributed by atoms with Crippen LogP contribution in [-0.4, -0.2) is 5.11 Å². The summed E-state index contributed by atoms with van der Waals surface area (Å²) in [5.41, 5.74) is 9.11. The van der Waals surface area contributed by atoms with E-state index in [9.17, 15) is 5.11 Å². The van der Waals surface area contributed by atoms with Gasteiger partial charge in [0.25, 0.3) is 0 Å². The summed E-state index contributed by atoms with van der Waals surface area (Å²) in [5, 5.41) is 10.5. The number of phenolic OH excluding ortho intramolecular Hbond substituents is 1. The lowest BCUT2D eigenvalue weighted by molar-refractivity contribution is 0.469. The Morgan fingerprint density at radius 3 is 1.94 bits per heavy atom. The second-order valence-corrected chi connectivity index (χ2v) is 8.37. The summed E-state index contributed by atoms with van der Waals surface area (Å²) in [5.74, 6) is 0.309. The van der Waals surface area contributed by atoms with Crippen LogP contribution in [0.1, 0.15) is 33.4 Å². The molecular weight excluding hydrogens is 388 g/mol. The summed E-state index contributed by atoms with van der Waals surface area (Å²) in [6.07, 6.45) is 5.23. The topological polar surface area (TPSA) is 20.2 Å². The number of fused-ring (bicyclic) bond motifs is 3. The van der Waals surface area contributed by atoms with Gasteiger partial charge in [-0.3, -0.25) is 0 Å². The molecule has 1 N–H and O–H groups in total. The van der Waals surface area contributed by atoms with E-state index in [0.29, 0.717) is 12.2 Å². The number of phenols is 1. The highest BCUT2D eigenvalue weighted by Crippen LogP contribution is 2.56. The lowest BCUT2D eigenvalue weighted by Crippen LogP contribution is -2.29. The van der Waals surface area contributed by atoms with Crippen molar-refractivity contribution in [3.05, 3.63) is 150 Å². The molecule has 0 bridgehead atoms. The third-order valence-corrected chi connectivity index (χ3v) is 6.57. The van der Waals surface area contributed by atoms with Gasteiger partial charge in [0, 0.05) is 0 Å². The Labute approximate surface area is 190 Å². The number of hydrogen-bond acceptors (Lipinski definition) is 1. The van der Waals surface area contributed by atoms with E-state index in [1.807, 2.05) is 18.2 Å². The first-order chi connectivity index (χ1) is 15.7. The van der Waals surface area contributed by atoms with Crippen LogP contribution in [0.4, 0.5) is 0 Å². The van der Waals surface area contributed by atoms with Gasteiger partial charge in [-0.25, -0.2) is 0 Å². The van der Waals surface area contributed by atoms with Crippen LogP contribution in [0.2, 0.25) is 0 Å². The SMILES string of the molecule is C=CCc1cccc(C2(c3ccc(O)c(CC=C)c3)c3ccccc3-c3ccccc32)c1. The number of benzene rings is 4. The van der Waals surface area contributed by atoms with Gasteiger partial charge in [0.05, 0.1) is 5.41 Å². The molecule has 0 aliphatic heterocycles. The zero-order valence-corrected chi connectivity index (χ0v) is 18.1. The molecule has 4 aromatic carbocycles. The molecule has 156 valence electrons. The fourth-order valence-corrected chi connectivity index (χ4v) is 5.26. The van der Waals surface area contributed by atoms with Crippen LogP contribution in [-0.2, 0) is 18.3 Å². The van der Waals surface area contributed by atoms with Crippen molar-refractivity contribution in [3.63, 3.8) is 0 Å². The zero-order valence-electron chi connectivity index (χ0n) is 18.1. The van der Waals surface area contributed by atoms with Crippen molar-refractivity contribution in [2.24, 2.45) is 0 Å². The monoisotopic (exact) mass is 414 g/mol. The first-order valence-electron chi connectivity index (χ1n) is 11.0. The standard InChI is InChI=1S/C31H26O/c1-3-10-22-12-9-13-24(20-22)31(25-18-19-30(32)23(21-25)11-4-2)28-16-7-5-14-26(28)27-15-6-8-17-29(27)31/h3-9,12-21,32H,1-2,10-11H2. The van der Waals surface area contributed by atoms with Gasteiger partial charge in [-0.15, -0.1) is 13.2 Å². The molecule has 0 unspecified atom stereocenters. The van der Waals surface area contributed by atoms with Crippen molar-refractivity contribution in [2.45, 2.75) is 18.3 Å². The van der Waals surface area contributed by atoms with Crippen LogP contribution in [0, 0.1) is 0 Å². The first kappa shape index (κ1) is 20.1. The third-order valence-electron chi connectivity index (χ3n) is 6.57. The van der Waals surface area contributed by atoms with E-state index in [1.54, 1.807) is 0 Å². The lowest BCUT2D eigenvalue weighted by atomic mass is 9.67. The number of rotatable bonds is 6. The Morgan fingerprint density at radius 2 is 1.28 bits per heavy atom. The van der Waals surface area contributed by atoms with Crippen LogP contribution >= 0.6 is 0 Å². The molecule has 0 amide bonds. The molecule has 0 aromatic heterocycles. The Hall–Kier alpha value is -3.84. The zero-order chi connectivity index (χ0) is 22.1. The van der Waals surface area contributed by atoms with E-state index in [-0.39, 0.29) is 0 Å². The maximum atomic E-state index is 10.5. The van der Waals surface area contributed by atoms with Crippen LogP contribution in [0.25, 0.3) is 11.1 Å². The number of allylic oxidation sites excluding steroid dienone is 2. The molecular formula is C31H26O. The average Bonchev–Trinajstić information content (AvgIpc) is 3.13. The Morgan fingerprint density at radius 1 is 0.656 bits per heavy atom. The van der Waals surface area contributed by atoms with Crippen LogP contribution in [0.5, 0.6) is 5.75 Å². The molecule has 32 heavy (non-hydrogen) atoms. The molecule has 1 nitrogen and oxygen atoms in total. The Balaban J connectivity index is 1.91. The average molecular weight is 415 g/mol. The quantitative estimate of drug-likeness (QED) is 0.291. The van der Waals surface area contributed by atoms with Gasteiger partial charge in [-0.1, -0.05) is 97.1 Å². The molecule has 0 spiro atoms. The number of hydrogen-bond donors (Lipinski definition) is 1. The maximum Gasteiger partial charge on any atom is 0.119 e. The van der Waals surface area contributed by atoms with Crippen LogP contribution in [0.3, 0.4) is 0 Å². The van der Waals surface area contributed by atoms with Crippen molar-refractivity contribution in [1.82, 2.24) is 0 Å². The lowest BCUT2D eigenvalue weighted by Gasteiger charge is -2.34. The molecule has 1 aliphatic carbocycles. The maximum absolute atomic E-state index is 10.5. The van der Waals surface area contributed by atoms with E-state index in [1.165, 1.54) is 33.4 Å². The van der Waals surface area contributed by atoms with Gasteiger partial charge < -0.3 is 5.11 Å². The normalized spacial score (nSPS) is 13.2. The highest BCUT2D eigenvalue weighted by atomic mass is 16.3. The van der Waals surface area contributed by atoms with Crippen molar-refractivity contribution in [3.8, 4) is 16.9 Å². The highest BCUT2D eigenvalue weighted by molar-refractivity contribution is 5.86. The van der Waals surface area contributed by atoms with E-state index in [0.717, 1.165) is 17.5 Å². The largest absolute Gasteiger partial charge is 0.508 e. The van der Waals surface area contributed by atoms with Crippen molar-refractivity contribution < 1.29 is 5.11 Å². The van der Waals surface area contributed by atoms with Gasteiger partial charge in [-0.2, -0.15) is 0 Å². The summed E-state index contributed by atoms with van der Waals surface area (Å²) < 4.78 is 0. The minimum absolute atomic E-state index is 0.309. The molecule has 1 aliphatic rings. The molecule has 0 saturated carbocycles. The summed E-state index contributed by atoms with van der Waals surface area (Å²) in [6.45, 7) is 7.82. The summed E-state index contributed by atoms with van der Waals surface area (Å²) in [7, 11) is 0. The summed E-state index contributed by atoms with van der Waals surface area (Å²) >= 11 is 0. The van der Waals surface area contributed by atoms with E-state index >= 15 is 0 Å². The number of aromatic hydroxyl groups is 1. The van der Waals surface area contributed by atoms with Crippen molar-refractivity contribution >= 4 is 0 Å². The van der Waals surface area contributed by atoms with E-state index < -0.39 is 5.41 Å². The second-order valence-electron chi connectivity index (χ2n) is 8.37. The third kappa shape index (κ3) is 2.93. The molecule has 4 aromatic rings. The minimum atomic E-state index is -0.464.